The van der Waals surface area contributed by atoms with E-state index < -0.39 is 18.4 Å². The molecule has 4 heteroatoms. The summed E-state index contributed by atoms with van der Waals surface area (Å²) in [7, 11) is 0. The first-order chi connectivity index (χ1) is 5.56. The second-order valence-electron chi connectivity index (χ2n) is 3.30. The molecule has 0 amide bonds. The summed E-state index contributed by atoms with van der Waals surface area (Å²) in [5.41, 5.74) is 4.92. The van der Waals surface area contributed by atoms with Crippen molar-refractivity contribution >= 4 is 5.78 Å². The Labute approximate surface area is 70.1 Å². The average molecular weight is 177 g/mol. The molecule has 1 atom stereocenters. The number of hydrogen-bond acceptors (Lipinski definition) is 2. The molecule has 0 radical (unpaired) electrons. The number of alkyl halides is 2. The van der Waals surface area contributed by atoms with E-state index in [0.29, 0.717) is 19.3 Å². The Bertz CT molecular complexity index is 182. The first-order valence-corrected chi connectivity index (χ1v) is 4.16. The highest BCUT2D eigenvalue weighted by molar-refractivity contribution is 5.79. The lowest BCUT2D eigenvalue weighted by molar-refractivity contribution is -0.128. The van der Waals surface area contributed by atoms with E-state index in [1.54, 1.807) is 0 Å². The monoisotopic (exact) mass is 177 g/mol. The molecule has 1 aliphatic rings. The third-order valence-corrected chi connectivity index (χ3v) is 2.35. The zero-order valence-corrected chi connectivity index (χ0v) is 6.85. The highest BCUT2D eigenvalue weighted by atomic mass is 19.3. The molecule has 1 aliphatic carbocycles. The maximum absolute atomic E-state index is 12.9. The highest BCUT2D eigenvalue weighted by Gasteiger charge is 2.40. The molecule has 0 heterocycles. The Morgan fingerprint density at radius 3 is 2.75 bits per heavy atom. The Kier molecular flexibility index (Phi) is 2.77. The van der Waals surface area contributed by atoms with Gasteiger partial charge in [0.25, 0.3) is 5.92 Å². The van der Waals surface area contributed by atoms with Crippen molar-refractivity contribution in [2.45, 2.75) is 31.6 Å². The molecule has 2 N–H and O–H groups in total. The first kappa shape index (κ1) is 9.58. The van der Waals surface area contributed by atoms with Gasteiger partial charge in [-0.2, -0.15) is 0 Å². The van der Waals surface area contributed by atoms with Crippen molar-refractivity contribution in [2.24, 2.45) is 11.7 Å². The molecule has 2 nitrogen and oxygen atoms in total. The molecule has 1 saturated carbocycles. The lowest BCUT2D eigenvalue weighted by atomic mass is 9.84. The summed E-state index contributed by atoms with van der Waals surface area (Å²) in [4.78, 5) is 10.9. The van der Waals surface area contributed by atoms with Crippen LogP contribution in [0, 0.1) is 5.92 Å². The Morgan fingerprint density at radius 1 is 1.58 bits per heavy atom. The number of carbonyl (C=O) groups excluding carboxylic acids is 1. The van der Waals surface area contributed by atoms with Crippen molar-refractivity contribution in [3.63, 3.8) is 0 Å². The predicted octanol–water partition coefficient (Wildman–Crippen LogP) is 1.34. The van der Waals surface area contributed by atoms with Gasteiger partial charge in [0, 0.05) is 18.8 Å². The molecule has 0 unspecified atom stereocenters. The maximum atomic E-state index is 12.9. The molecule has 0 bridgehead atoms. The van der Waals surface area contributed by atoms with Crippen molar-refractivity contribution in [1.29, 1.82) is 0 Å². The van der Waals surface area contributed by atoms with Gasteiger partial charge < -0.3 is 5.73 Å². The van der Waals surface area contributed by atoms with Gasteiger partial charge in [0.15, 0.2) is 0 Å². The van der Waals surface area contributed by atoms with Gasteiger partial charge in [0.05, 0.1) is 6.54 Å². The molecule has 0 aromatic heterocycles. The number of ketones is 1. The summed E-state index contributed by atoms with van der Waals surface area (Å²) in [5, 5.41) is 0. The lowest BCUT2D eigenvalue weighted by Gasteiger charge is -2.28. The fraction of sp³-hybridized carbons (Fsp3) is 0.875. The predicted molar refractivity (Wildman–Crippen MR) is 41.0 cm³/mol. The molecular formula is C8H13F2NO. The van der Waals surface area contributed by atoms with Crippen LogP contribution in [0.15, 0.2) is 0 Å². The Morgan fingerprint density at radius 2 is 2.25 bits per heavy atom. The van der Waals surface area contributed by atoms with Crippen LogP contribution in [-0.2, 0) is 4.79 Å². The van der Waals surface area contributed by atoms with E-state index in [4.69, 9.17) is 5.73 Å². The molecule has 12 heavy (non-hydrogen) atoms. The van der Waals surface area contributed by atoms with Gasteiger partial charge in [0.2, 0.25) is 0 Å². The van der Waals surface area contributed by atoms with Crippen LogP contribution in [0.2, 0.25) is 0 Å². The first-order valence-electron chi connectivity index (χ1n) is 4.16. The van der Waals surface area contributed by atoms with Crippen LogP contribution in [0.3, 0.4) is 0 Å². The minimum absolute atomic E-state index is 0.00417. The molecule has 0 aliphatic heterocycles. The molecule has 0 aromatic rings. The van der Waals surface area contributed by atoms with Crippen LogP contribution >= 0.6 is 0 Å². The minimum atomic E-state index is -2.85. The van der Waals surface area contributed by atoms with Crippen molar-refractivity contribution < 1.29 is 13.6 Å². The molecule has 70 valence electrons. The minimum Gasteiger partial charge on any atom is -0.325 e. The van der Waals surface area contributed by atoms with Gasteiger partial charge in [-0.25, -0.2) is 8.78 Å². The summed E-state index contributed by atoms with van der Waals surface area (Å²) >= 11 is 0. The van der Waals surface area contributed by atoms with E-state index in [9.17, 15) is 13.6 Å². The van der Waals surface area contributed by atoms with Gasteiger partial charge in [-0.05, 0) is 12.8 Å². The summed E-state index contributed by atoms with van der Waals surface area (Å²) in [6.45, 7) is -0.648. The SMILES string of the molecule is NCC(F)(F)[C@@H]1CCCC(=O)C1. The molecule has 0 aromatic carbocycles. The zero-order valence-electron chi connectivity index (χ0n) is 6.85. The second-order valence-corrected chi connectivity index (χ2v) is 3.30. The van der Waals surface area contributed by atoms with Crippen molar-refractivity contribution in [3.05, 3.63) is 0 Å². The second kappa shape index (κ2) is 3.47. The smallest absolute Gasteiger partial charge is 0.263 e. The normalized spacial score (nSPS) is 25.9. The van der Waals surface area contributed by atoms with Gasteiger partial charge >= 0.3 is 0 Å². The van der Waals surface area contributed by atoms with E-state index in [1.807, 2.05) is 0 Å². The van der Waals surface area contributed by atoms with Crippen LogP contribution < -0.4 is 5.73 Å². The number of rotatable bonds is 2. The van der Waals surface area contributed by atoms with E-state index in [-0.39, 0.29) is 12.2 Å². The summed E-state index contributed by atoms with van der Waals surface area (Å²) < 4.78 is 25.9. The van der Waals surface area contributed by atoms with Crippen molar-refractivity contribution in [1.82, 2.24) is 0 Å². The zero-order chi connectivity index (χ0) is 9.19. The Balaban J connectivity index is 2.56. The molecule has 1 fully saturated rings. The standard InChI is InChI=1S/C8H13F2NO/c9-8(10,5-11)6-2-1-3-7(12)4-6/h6H,1-5,11H2/t6-/m1/s1. The number of halogens is 2. The van der Waals surface area contributed by atoms with Crippen LogP contribution in [-0.4, -0.2) is 18.3 Å². The molecule has 1 rings (SSSR count). The topological polar surface area (TPSA) is 43.1 Å². The van der Waals surface area contributed by atoms with Crippen molar-refractivity contribution in [2.75, 3.05) is 6.54 Å². The van der Waals surface area contributed by atoms with E-state index in [1.165, 1.54) is 0 Å². The van der Waals surface area contributed by atoms with Gasteiger partial charge in [0.1, 0.15) is 5.78 Å². The maximum Gasteiger partial charge on any atom is 0.263 e. The van der Waals surface area contributed by atoms with Gasteiger partial charge in [-0.3, -0.25) is 4.79 Å². The van der Waals surface area contributed by atoms with Crippen LogP contribution in [0.1, 0.15) is 25.7 Å². The van der Waals surface area contributed by atoms with Crippen LogP contribution in [0.5, 0.6) is 0 Å². The average Bonchev–Trinajstić information content (AvgIpc) is 2.05. The summed E-state index contributed by atoms with van der Waals surface area (Å²) in [6.07, 6.45) is 1.47. The molecule has 0 spiro atoms. The Hall–Kier alpha value is -0.510. The van der Waals surface area contributed by atoms with E-state index in [0.717, 1.165) is 0 Å². The number of hydrogen-bond donors (Lipinski definition) is 1. The largest absolute Gasteiger partial charge is 0.325 e. The quantitative estimate of drug-likeness (QED) is 0.691. The van der Waals surface area contributed by atoms with Crippen molar-refractivity contribution in [3.8, 4) is 0 Å². The lowest BCUT2D eigenvalue weighted by Crippen LogP contribution is -2.39. The van der Waals surface area contributed by atoms with Gasteiger partial charge in [-0.1, -0.05) is 0 Å². The fourth-order valence-electron chi connectivity index (χ4n) is 1.55. The van der Waals surface area contributed by atoms with Gasteiger partial charge in [-0.15, -0.1) is 0 Å². The number of Topliss-reactive ketones (excluding diaryl/α,β-unsaturated/α-hetero) is 1. The molecular weight excluding hydrogens is 164 g/mol. The van der Waals surface area contributed by atoms with Crippen LogP contribution in [0.25, 0.3) is 0 Å². The van der Waals surface area contributed by atoms with E-state index >= 15 is 0 Å². The van der Waals surface area contributed by atoms with E-state index in [2.05, 4.69) is 0 Å². The summed E-state index contributed by atoms with van der Waals surface area (Å²) in [6, 6.07) is 0. The van der Waals surface area contributed by atoms with Crippen LogP contribution in [0.4, 0.5) is 8.78 Å². The third kappa shape index (κ3) is 2.00. The third-order valence-electron chi connectivity index (χ3n) is 2.35. The number of nitrogens with two attached hydrogens (primary N) is 1. The highest BCUT2D eigenvalue weighted by Crippen LogP contribution is 2.34. The summed E-state index contributed by atoms with van der Waals surface area (Å²) in [5.74, 6) is -3.72. The number of carbonyl (C=O) groups is 1. The molecule has 0 saturated heterocycles. The fourth-order valence-corrected chi connectivity index (χ4v) is 1.55.